The lowest BCUT2D eigenvalue weighted by atomic mass is 10.1. The zero-order valence-corrected chi connectivity index (χ0v) is 21.9. The zero-order chi connectivity index (χ0) is 24.6. The van der Waals surface area contributed by atoms with Crippen molar-refractivity contribution < 1.29 is 18.0 Å². The summed E-state index contributed by atoms with van der Waals surface area (Å²) < 4.78 is 27.0. The van der Waals surface area contributed by atoms with Gasteiger partial charge in [0, 0.05) is 17.6 Å². The van der Waals surface area contributed by atoms with Crippen molar-refractivity contribution in [2.75, 3.05) is 23.7 Å². The number of sulfonamides is 1. The molecular formula is C24H32BrN3O4S. The Balaban J connectivity index is 2.39. The molecule has 33 heavy (non-hydrogen) atoms. The third-order valence-electron chi connectivity index (χ3n) is 5.20. The van der Waals surface area contributed by atoms with Gasteiger partial charge >= 0.3 is 0 Å². The van der Waals surface area contributed by atoms with E-state index in [9.17, 15) is 18.0 Å². The Kier molecular flexibility index (Phi) is 9.91. The molecule has 0 heterocycles. The standard InChI is InChI=1S/C24H32BrN3O4S/c1-5-15-26-24(30)22(6-2)27(16-19-9-7-18(3)8-10-19)23(29)17-28(33(4,31)32)21-13-11-20(25)12-14-21/h7-14,22H,5-6,15-17H2,1-4H3,(H,26,30)/t22-/m0/s1. The molecule has 0 aromatic heterocycles. The smallest absolute Gasteiger partial charge is 0.244 e. The summed E-state index contributed by atoms with van der Waals surface area (Å²) in [6.45, 7) is 6.09. The van der Waals surface area contributed by atoms with E-state index in [0.717, 1.165) is 32.6 Å². The van der Waals surface area contributed by atoms with Gasteiger partial charge in [-0.3, -0.25) is 13.9 Å². The van der Waals surface area contributed by atoms with Gasteiger partial charge < -0.3 is 10.2 Å². The zero-order valence-electron chi connectivity index (χ0n) is 19.5. The Labute approximate surface area is 205 Å². The summed E-state index contributed by atoms with van der Waals surface area (Å²) in [6.07, 6.45) is 2.25. The van der Waals surface area contributed by atoms with Crippen LogP contribution in [0.25, 0.3) is 0 Å². The number of carbonyl (C=O) groups is 2. The second-order valence-corrected chi connectivity index (χ2v) is 10.8. The number of hydrogen-bond donors (Lipinski definition) is 1. The highest BCUT2D eigenvalue weighted by Gasteiger charge is 2.31. The van der Waals surface area contributed by atoms with Gasteiger partial charge in [0.1, 0.15) is 12.6 Å². The number of hydrogen-bond acceptors (Lipinski definition) is 4. The lowest BCUT2D eigenvalue weighted by Gasteiger charge is -2.33. The highest BCUT2D eigenvalue weighted by molar-refractivity contribution is 9.10. The summed E-state index contributed by atoms with van der Waals surface area (Å²) in [6, 6.07) is 13.7. The normalized spacial score (nSPS) is 12.2. The molecule has 180 valence electrons. The number of benzene rings is 2. The van der Waals surface area contributed by atoms with E-state index in [1.165, 1.54) is 4.90 Å². The van der Waals surface area contributed by atoms with Crippen LogP contribution in [-0.2, 0) is 26.2 Å². The predicted molar refractivity (Wildman–Crippen MR) is 135 cm³/mol. The summed E-state index contributed by atoms with van der Waals surface area (Å²) in [5, 5.41) is 2.87. The molecular weight excluding hydrogens is 506 g/mol. The molecule has 0 saturated carbocycles. The van der Waals surface area contributed by atoms with Crippen LogP contribution in [0.3, 0.4) is 0 Å². The van der Waals surface area contributed by atoms with Crippen molar-refractivity contribution in [2.45, 2.75) is 46.2 Å². The number of carbonyl (C=O) groups excluding carboxylic acids is 2. The largest absolute Gasteiger partial charge is 0.354 e. The third kappa shape index (κ3) is 7.85. The summed E-state index contributed by atoms with van der Waals surface area (Å²) in [5.74, 6) is -0.684. The topological polar surface area (TPSA) is 86.8 Å². The molecule has 0 spiro atoms. The fourth-order valence-corrected chi connectivity index (χ4v) is 4.51. The van der Waals surface area contributed by atoms with Gasteiger partial charge in [-0.25, -0.2) is 8.42 Å². The Hall–Kier alpha value is -2.39. The van der Waals surface area contributed by atoms with E-state index in [2.05, 4.69) is 21.2 Å². The average molecular weight is 539 g/mol. The molecule has 2 rings (SSSR count). The second kappa shape index (κ2) is 12.2. The van der Waals surface area contributed by atoms with Crippen LogP contribution in [-0.4, -0.2) is 50.5 Å². The van der Waals surface area contributed by atoms with Crippen LogP contribution in [0, 0.1) is 6.92 Å². The van der Waals surface area contributed by atoms with Crippen LogP contribution in [0.15, 0.2) is 53.0 Å². The van der Waals surface area contributed by atoms with E-state index in [1.54, 1.807) is 24.3 Å². The van der Waals surface area contributed by atoms with Crippen LogP contribution in [0.4, 0.5) is 5.69 Å². The Morgan fingerprint density at radius 2 is 1.64 bits per heavy atom. The lowest BCUT2D eigenvalue weighted by Crippen LogP contribution is -2.52. The predicted octanol–water partition coefficient (Wildman–Crippen LogP) is 3.86. The fraction of sp³-hybridized carbons (Fsp3) is 0.417. The molecule has 7 nitrogen and oxygen atoms in total. The monoisotopic (exact) mass is 537 g/mol. The molecule has 0 radical (unpaired) electrons. The summed E-state index contributed by atoms with van der Waals surface area (Å²) in [7, 11) is -3.73. The van der Waals surface area contributed by atoms with Gasteiger partial charge in [-0.15, -0.1) is 0 Å². The molecule has 0 bridgehead atoms. The highest BCUT2D eigenvalue weighted by atomic mass is 79.9. The summed E-state index contributed by atoms with van der Waals surface area (Å²) in [4.78, 5) is 27.9. The maximum Gasteiger partial charge on any atom is 0.244 e. The van der Waals surface area contributed by atoms with Gasteiger partial charge in [0.2, 0.25) is 21.8 Å². The number of nitrogens with one attached hydrogen (secondary N) is 1. The Bertz CT molecular complexity index is 1040. The molecule has 2 aromatic rings. The number of nitrogens with zero attached hydrogens (tertiary/aromatic N) is 2. The number of amides is 2. The van der Waals surface area contributed by atoms with Gasteiger partial charge in [0.15, 0.2) is 0 Å². The van der Waals surface area contributed by atoms with E-state index in [4.69, 9.17) is 0 Å². The van der Waals surface area contributed by atoms with E-state index < -0.39 is 28.5 Å². The van der Waals surface area contributed by atoms with E-state index >= 15 is 0 Å². The maximum atomic E-state index is 13.5. The van der Waals surface area contributed by atoms with Gasteiger partial charge in [0.25, 0.3) is 0 Å². The minimum absolute atomic E-state index is 0.203. The number of anilines is 1. The van der Waals surface area contributed by atoms with Crippen molar-refractivity contribution in [1.82, 2.24) is 10.2 Å². The van der Waals surface area contributed by atoms with Crippen LogP contribution >= 0.6 is 15.9 Å². The molecule has 0 unspecified atom stereocenters. The number of rotatable bonds is 11. The first-order chi connectivity index (χ1) is 15.6. The minimum atomic E-state index is -3.73. The van der Waals surface area contributed by atoms with Gasteiger partial charge in [-0.1, -0.05) is 59.6 Å². The third-order valence-corrected chi connectivity index (χ3v) is 6.87. The first kappa shape index (κ1) is 26.9. The maximum absolute atomic E-state index is 13.5. The SMILES string of the molecule is CCCNC(=O)[C@H](CC)N(Cc1ccc(C)cc1)C(=O)CN(c1ccc(Br)cc1)S(C)(=O)=O. The van der Waals surface area contributed by atoms with E-state index in [1.807, 2.05) is 45.0 Å². The van der Waals surface area contributed by atoms with Crippen LogP contribution in [0.5, 0.6) is 0 Å². The number of halogens is 1. The quantitative estimate of drug-likeness (QED) is 0.471. The van der Waals surface area contributed by atoms with Gasteiger partial charge in [-0.2, -0.15) is 0 Å². The number of aryl methyl sites for hydroxylation is 1. The van der Waals surface area contributed by atoms with Crippen LogP contribution in [0.2, 0.25) is 0 Å². The minimum Gasteiger partial charge on any atom is -0.354 e. The van der Waals surface area contributed by atoms with Crippen molar-refractivity contribution in [2.24, 2.45) is 0 Å². The van der Waals surface area contributed by atoms with E-state index in [0.29, 0.717) is 18.7 Å². The first-order valence-electron chi connectivity index (χ1n) is 10.9. The Morgan fingerprint density at radius 1 is 1.03 bits per heavy atom. The van der Waals surface area contributed by atoms with Gasteiger partial charge in [0.05, 0.1) is 11.9 Å². The van der Waals surface area contributed by atoms with Crippen molar-refractivity contribution in [1.29, 1.82) is 0 Å². The molecule has 2 aromatic carbocycles. The highest BCUT2D eigenvalue weighted by Crippen LogP contribution is 2.22. The molecule has 9 heteroatoms. The first-order valence-corrected chi connectivity index (χ1v) is 13.6. The molecule has 0 saturated heterocycles. The molecule has 0 aliphatic carbocycles. The van der Waals surface area contributed by atoms with Crippen molar-refractivity contribution >= 4 is 43.5 Å². The van der Waals surface area contributed by atoms with Crippen molar-refractivity contribution in [3.05, 3.63) is 64.1 Å². The molecule has 2 amide bonds. The summed E-state index contributed by atoms with van der Waals surface area (Å²) >= 11 is 3.34. The Morgan fingerprint density at radius 3 is 2.15 bits per heavy atom. The average Bonchev–Trinajstić information content (AvgIpc) is 2.77. The van der Waals surface area contributed by atoms with E-state index in [-0.39, 0.29) is 12.5 Å². The molecule has 1 N–H and O–H groups in total. The van der Waals surface area contributed by atoms with Gasteiger partial charge in [-0.05, 0) is 49.6 Å². The van der Waals surface area contributed by atoms with Crippen LogP contribution in [0.1, 0.15) is 37.8 Å². The van der Waals surface area contributed by atoms with Crippen molar-refractivity contribution in [3.8, 4) is 0 Å². The molecule has 0 aliphatic rings. The fourth-order valence-electron chi connectivity index (χ4n) is 3.40. The van der Waals surface area contributed by atoms with Crippen LogP contribution < -0.4 is 9.62 Å². The summed E-state index contributed by atoms with van der Waals surface area (Å²) in [5.41, 5.74) is 2.33. The molecule has 1 atom stereocenters. The van der Waals surface area contributed by atoms with Crippen molar-refractivity contribution in [3.63, 3.8) is 0 Å². The second-order valence-electron chi connectivity index (χ2n) is 7.97. The molecule has 0 fully saturated rings. The molecule has 0 aliphatic heterocycles. The lowest BCUT2D eigenvalue weighted by molar-refractivity contribution is -0.140.